The topological polar surface area (TPSA) is 267 Å². The third-order valence-electron chi connectivity index (χ3n) is 24.4. The Morgan fingerprint density at radius 2 is 1.05 bits per heavy atom. The summed E-state index contributed by atoms with van der Waals surface area (Å²) in [6.07, 6.45) is 2.05. The molecular weight excluding hydrogens is 1280 g/mol. The lowest BCUT2D eigenvalue weighted by molar-refractivity contribution is -0.176. The highest BCUT2D eigenvalue weighted by Crippen LogP contribution is 2.62. The van der Waals surface area contributed by atoms with Crippen LogP contribution in [0, 0.1) is 72.0 Å². The van der Waals surface area contributed by atoms with Gasteiger partial charge in [-0.1, -0.05) is 108 Å². The number of ether oxygens (including phenoxy) is 1. The van der Waals surface area contributed by atoms with Crippen molar-refractivity contribution in [3.63, 3.8) is 0 Å². The van der Waals surface area contributed by atoms with Gasteiger partial charge in [-0.15, -0.1) is 0 Å². The summed E-state index contributed by atoms with van der Waals surface area (Å²) in [6.45, 7) is 22.4. The number of hydroxylamine groups is 6. The summed E-state index contributed by atoms with van der Waals surface area (Å²) in [7, 11) is 12.1. The summed E-state index contributed by atoms with van der Waals surface area (Å²) in [5.41, 5.74) is 23.9. The predicted molar refractivity (Wildman–Crippen MR) is 393 cm³/mol. The average Bonchev–Trinajstić information content (AvgIpc) is 1.38. The predicted octanol–water partition coefficient (Wildman–Crippen LogP) is 8.86. The number of fused-ring (bicyclic) bond motifs is 4. The van der Waals surface area contributed by atoms with Gasteiger partial charge in [0, 0.05) is 101 Å². The molecule has 8 fully saturated rings. The molecule has 2 saturated heterocycles. The summed E-state index contributed by atoms with van der Waals surface area (Å²) in [4.78, 5) is 89.9. The molecule has 4 amide bonds. The molecule has 0 spiro atoms. The van der Waals surface area contributed by atoms with E-state index in [1.165, 1.54) is 32.1 Å². The third-order valence-corrected chi connectivity index (χ3v) is 24.4. The molecule has 17 atom stereocenters. The normalized spacial score (nSPS) is 27.8. The lowest BCUT2D eigenvalue weighted by Crippen LogP contribution is -2.62. The van der Waals surface area contributed by atoms with Gasteiger partial charge in [-0.3, -0.25) is 33.7 Å². The zero-order valence-electron chi connectivity index (χ0n) is 62.5. The smallest absolute Gasteiger partial charge is 0.328 e. The number of anilines is 2. The monoisotopic (exact) mass is 1390 g/mol. The number of carbonyl (C=O) groups excluding carboxylic acids is 5. The molecule has 13 rings (SSSR count). The van der Waals surface area contributed by atoms with E-state index in [4.69, 9.17) is 30.7 Å². The molecule has 2 aliphatic heterocycles. The van der Waals surface area contributed by atoms with E-state index < -0.39 is 66.3 Å². The second kappa shape index (κ2) is 31.3. The number of amides is 4. The van der Waals surface area contributed by atoms with Crippen molar-refractivity contribution in [2.75, 3.05) is 72.3 Å². The van der Waals surface area contributed by atoms with Gasteiger partial charge in [-0.25, -0.2) is 9.86 Å². The Morgan fingerprint density at radius 1 is 0.614 bits per heavy atom. The van der Waals surface area contributed by atoms with Crippen LogP contribution < -0.4 is 37.2 Å². The number of aliphatic hydroxyl groups is 2. The summed E-state index contributed by atoms with van der Waals surface area (Å²) in [5.74, 6) is 0.711. The van der Waals surface area contributed by atoms with Crippen LogP contribution >= 0.6 is 0 Å². The number of methoxy groups -OCH3 is 1. The number of aliphatic hydroxyl groups excluding tert-OH is 2. The van der Waals surface area contributed by atoms with Crippen molar-refractivity contribution in [2.24, 2.45) is 69.6 Å². The van der Waals surface area contributed by atoms with Crippen LogP contribution in [0.3, 0.4) is 0 Å². The van der Waals surface area contributed by atoms with Crippen molar-refractivity contribution in [3.8, 4) is 22.3 Å². The Hall–Kier alpha value is -7.31. The first-order valence-corrected chi connectivity index (χ1v) is 36.1. The van der Waals surface area contributed by atoms with Gasteiger partial charge in [0.15, 0.2) is 0 Å². The van der Waals surface area contributed by atoms with E-state index in [1.807, 2.05) is 143 Å². The van der Waals surface area contributed by atoms with E-state index in [0.717, 1.165) is 74.3 Å². The van der Waals surface area contributed by atoms with Crippen LogP contribution in [0.4, 0.5) is 11.4 Å². The fourth-order valence-corrected chi connectivity index (χ4v) is 17.7. The minimum atomic E-state index is -0.872. The molecule has 2 heterocycles. The van der Waals surface area contributed by atoms with Gasteiger partial charge < -0.3 is 52.2 Å². The maximum atomic E-state index is 14.3. The molecule has 5 aromatic carbocycles. The number of carbonyl (C=O) groups is 5. The van der Waals surface area contributed by atoms with E-state index in [1.54, 1.807) is 37.1 Å². The van der Waals surface area contributed by atoms with Crippen LogP contribution in [0.1, 0.15) is 130 Å². The first kappa shape index (κ1) is 76.3. The molecule has 21 nitrogen and oxygen atoms in total. The van der Waals surface area contributed by atoms with Gasteiger partial charge in [0.1, 0.15) is 18.1 Å². The standard InChI is InChI=1S/C44H59N5O6.C36H53N5O5/c1-25-29(24-49-40(39(27(3)50)38(23-45)55-49)42(52)46-36-22-32-21-35(26(36)2)44(32,4)5)15-12-16-34(25)30-18-31(20-33(19-30)48(6)7)41(51)47-37(43(53)54-8)17-28-13-10-9-11-14-28;1-20-23(11-10-12-28(20)24-13-25(35(44)40(8)45-9)15-27(14-24)39(6)7)19-41-33(32(22(3)42)31(18-37)46-41)34(43)38-30-17-26-16-29(21(30)2)36(26,4)5/h9-16,18-20,26-27,32,35-40,50H,17,21-24,45H2,1-8H3,(H,46,52)(H,47,51);10-15,21-22,26,29-33,42H,16-19,37H2,1-9H3,(H,38,43)/t26-,27-,32+,35-,36-,37-,38-,39+,40-;21-,22-,26+,29-,30-,31-,32+,33-/m00/s1. The van der Waals surface area contributed by atoms with Crippen LogP contribution in [-0.4, -0.2) is 172 Å². The largest absolute Gasteiger partial charge is 0.467 e. The molecule has 6 aliphatic carbocycles. The fraction of sp³-hybridized carbons (Fsp3) is 0.562. The third kappa shape index (κ3) is 15.7. The first-order chi connectivity index (χ1) is 47.8. The van der Waals surface area contributed by atoms with Crippen LogP contribution in [0.5, 0.6) is 0 Å². The minimum absolute atomic E-state index is 0.0689. The van der Waals surface area contributed by atoms with Gasteiger partial charge in [-0.05, 0) is 186 Å². The van der Waals surface area contributed by atoms with Crippen molar-refractivity contribution in [1.82, 2.24) is 31.1 Å². The molecule has 101 heavy (non-hydrogen) atoms. The van der Waals surface area contributed by atoms with Gasteiger partial charge in [0.25, 0.3) is 11.8 Å². The summed E-state index contributed by atoms with van der Waals surface area (Å²) in [6, 6.07) is 30.8. The molecule has 5 aromatic rings. The van der Waals surface area contributed by atoms with Crippen LogP contribution in [0.2, 0.25) is 0 Å². The summed E-state index contributed by atoms with van der Waals surface area (Å²) >= 11 is 0. The first-order valence-electron chi connectivity index (χ1n) is 36.1. The lowest BCUT2D eigenvalue weighted by atomic mass is 9.45. The molecule has 548 valence electrons. The Bertz CT molecular complexity index is 3790. The number of hydrogen-bond acceptors (Lipinski definition) is 17. The molecular formula is C80H112N10O11. The van der Waals surface area contributed by atoms with Crippen LogP contribution in [-0.2, 0) is 53.1 Å². The second-order valence-electron chi connectivity index (χ2n) is 31.3. The van der Waals surface area contributed by atoms with Crippen molar-refractivity contribution >= 4 is 41.0 Å². The Balaban J connectivity index is 0.000000221. The van der Waals surface area contributed by atoms with Gasteiger partial charge in [0.2, 0.25) is 11.8 Å². The number of nitrogens with zero attached hydrogens (tertiary/aromatic N) is 5. The zero-order valence-corrected chi connectivity index (χ0v) is 62.5. The van der Waals surface area contributed by atoms with Crippen molar-refractivity contribution in [1.29, 1.82) is 0 Å². The average molecular weight is 1390 g/mol. The van der Waals surface area contributed by atoms with Crippen molar-refractivity contribution < 1.29 is 53.4 Å². The molecule has 9 N–H and O–H groups in total. The van der Waals surface area contributed by atoms with Gasteiger partial charge in [-0.2, -0.15) is 10.1 Å². The van der Waals surface area contributed by atoms with Gasteiger partial charge in [0.05, 0.1) is 51.7 Å². The number of nitrogens with one attached hydrogen (secondary N) is 3. The minimum Gasteiger partial charge on any atom is -0.467 e. The number of esters is 1. The Morgan fingerprint density at radius 3 is 1.44 bits per heavy atom. The number of rotatable bonds is 23. The summed E-state index contributed by atoms with van der Waals surface area (Å²) < 4.78 is 5.05. The Labute approximate surface area is 598 Å². The van der Waals surface area contributed by atoms with Crippen LogP contribution in [0.15, 0.2) is 103 Å². The lowest BCUT2D eigenvalue weighted by Gasteiger charge is -2.62. The maximum Gasteiger partial charge on any atom is 0.328 e. The number of benzene rings is 5. The molecule has 8 aliphatic rings. The van der Waals surface area contributed by atoms with E-state index in [9.17, 15) is 34.2 Å². The van der Waals surface area contributed by atoms with E-state index >= 15 is 0 Å². The van der Waals surface area contributed by atoms with Crippen molar-refractivity contribution in [3.05, 3.63) is 142 Å². The highest BCUT2D eigenvalue weighted by molar-refractivity contribution is 5.99. The molecule has 21 heteroatoms. The highest BCUT2D eigenvalue weighted by atomic mass is 16.7. The van der Waals surface area contributed by atoms with E-state index in [2.05, 4.69) is 63.6 Å². The molecule has 6 saturated carbocycles. The van der Waals surface area contributed by atoms with Crippen molar-refractivity contribution in [2.45, 2.75) is 169 Å². The van der Waals surface area contributed by atoms with E-state index in [0.29, 0.717) is 64.0 Å². The quantitative estimate of drug-likeness (QED) is 0.0238. The van der Waals surface area contributed by atoms with Crippen LogP contribution in [0.25, 0.3) is 22.3 Å². The highest BCUT2D eigenvalue weighted by Gasteiger charge is 2.59. The Kier molecular flexibility index (Phi) is 23.7. The SMILES string of the molecule is COC(=O)[C@H](Cc1ccccc1)NC(=O)c1cc(-c2cccc(CN3O[C@@H](CN)[C@@H]([C@H](C)O)[C@H]3C(=O)N[C@H]3C[C@H]4C[C@@H]([C@@H]3C)C4(C)C)c2C)cc(N(C)C)c1.CON(C)C(=O)c1cc(-c2cccc(CN3O[C@@H](CN)[C@@H]([C@H](C)O)[C@H]3C(=O)N[C@H]3C[C@H]4C[C@@H]([C@@H]3C)C4(C)C)c2C)cc(N(C)C)c1. The molecule has 4 bridgehead atoms. The fourth-order valence-electron chi connectivity index (χ4n) is 17.7. The maximum absolute atomic E-state index is 14.3. The molecule has 0 aromatic heterocycles. The zero-order chi connectivity index (χ0) is 73.4. The number of nitrogens with two attached hydrogens (primary N) is 2. The van der Waals surface area contributed by atoms with Gasteiger partial charge >= 0.3 is 5.97 Å². The molecule has 0 radical (unpaired) electrons. The van der Waals surface area contributed by atoms with E-state index in [-0.39, 0.29) is 55.9 Å². The second-order valence-corrected chi connectivity index (χ2v) is 31.3. The molecule has 0 unspecified atom stereocenters. The number of hydrogen-bond donors (Lipinski definition) is 7. The summed E-state index contributed by atoms with van der Waals surface area (Å²) in [5, 5.41) is 36.2.